The standard InChI is InChI=1S/C12H17N/c1-3-10(2)11-6-4-8-13-9-5-7-12(11)13/h5,7,9,11H,2-4,6,8H2,1H3. The summed E-state index contributed by atoms with van der Waals surface area (Å²) < 4.78 is 2.37. The van der Waals surface area contributed by atoms with Gasteiger partial charge in [-0.25, -0.2) is 0 Å². The molecule has 0 bridgehead atoms. The molecule has 1 aromatic heterocycles. The predicted octanol–water partition coefficient (Wildman–Crippen LogP) is 3.33. The van der Waals surface area contributed by atoms with E-state index in [2.05, 4.69) is 36.4 Å². The highest BCUT2D eigenvalue weighted by Gasteiger charge is 2.20. The van der Waals surface area contributed by atoms with E-state index in [4.69, 9.17) is 0 Å². The highest BCUT2D eigenvalue weighted by molar-refractivity contribution is 5.24. The average Bonchev–Trinajstić information content (AvgIpc) is 2.63. The molecule has 1 aliphatic rings. The van der Waals surface area contributed by atoms with Gasteiger partial charge in [0.1, 0.15) is 0 Å². The largest absolute Gasteiger partial charge is 0.351 e. The molecule has 0 spiro atoms. The monoisotopic (exact) mass is 175 g/mol. The summed E-state index contributed by atoms with van der Waals surface area (Å²) in [5.41, 5.74) is 2.86. The number of aromatic nitrogens is 1. The topological polar surface area (TPSA) is 4.93 Å². The van der Waals surface area contributed by atoms with E-state index in [1.807, 2.05) is 0 Å². The van der Waals surface area contributed by atoms with Gasteiger partial charge >= 0.3 is 0 Å². The maximum Gasteiger partial charge on any atom is 0.0246 e. The van der Waals surface area contributed by atoms with Gasteiger partial charge < -0.3 is 4.57 Å². The van der Waals surface area contributed by atoms with E-state index >= 15 is 0 Å². The first-order valence-corrected chi connectivity index (χ1v) is 5.15. The van der Waals surface area contributed by atoms with Crippen molar-refractivity contribution in [2.75, 3.05) is 0 Å². The Labute approximate surface area is 80.1 Å². The highest BCUT2D eigenvalue weighted by atomic mass is 15.0. The highest BCUT2D eigenvalue weighted by Crippen LogP contribution is 2.33. The Bertz CT molecular complexity index is 309. The van der Waals surface area contributed by atoms with Gasteiger partial charge in [0.05, 0.1) is 0 Å². The molecule has 0 aromatic carbocycles. The quantitative estimate of drug-likeness (QED) is 0.607. The molecule has 1 aliphatic heterocycles. The Hall–Kier alpha value is -0.980. The summed E-state index contributed by atoms with van der Waals surface area (Å²) in [6.07, 6.45) is 5.88. The molecule has 0 fully saturated rings. The van der Waals surface area contributed by atoms with Crippen molar-refractivity contribution < 1.29 is 0 Å². The van der Waals surface area contributed by atoms with E-state index in [-0.39, 0.29) is 0 Å². The summed E-state index contributed by atoms with van der Waals surface area (Å²) in [6.45, 7) is 7.55. The zero-order valence-electron chi connectivity index (χ0n) is 8.29. The summed E-state index contributed by atoms with van der Waals surface area (Å²) in [5.74, 6) is 0.619. The van der Waals surface area contributed by atoms with Crippen LogP contribution in [0.3, 0.4) is 0 Å². The third-order valence-corrected chi connectivity index (χ3v) is 3.06. The molecule has 1 unspecified atom stereocenters. The van der Waals surface area contributed by atoms with Crippen molar-refractivity contribution in [2.24, 2.45) is 0 Å². The lowest BCUT2D eigenvalue weighted by molar-refractivity contribution is 0.483. The first-order chi connectivity index (χ1) is 6.33. The number of fused-ring (bicyclic) bond motifs is 1. The Balaban J connectivity index is 2.30. The van der Waals surface area contributed by atoms with Crippen molar-refractivity contribution in [3.63, 3.8) is 0 Å². The van der Waals surface area contributed by atoms with E-state index in [9.17, 15) is 0 Å². The summed E-state index contributed by atoms with van der Waals surface area (Å²) in [6, 6.07) is 4.39. The molecule has 1 atom stereocenters. The smallest absolute Gasteiger partial charge is 0.0246 e. The van der Waals surface area contributed by atoms with Crippen LogP contribution in [0.2, 0.25) is 0 Å². The van der Waals surface area contributed by atoms with Crippen LogP contribution in [0.15, 0.2) is 30.5 Å². The molecule has 2 heterocycles. The van der Waals surface area contributed by atoms with Gasteiger partial charge in [-0.3, -0.25) is 0 Å². The number of rotatable bonds is 2. The van der Waals surface area contributed by atoms with E-state index in [0.29, 0.717) is 5.92 Å². The Morgan fingerprint density at radius 1 is 1.69 bits per heavy atom. The van der Waals surface area contributed by atoms with Gasteiger partial charge in [-0.05, 0) is 31.4 Å². The normalized spacial score (nSPS) is 21.2. The molecular formula is C12H17N. The van der Waals surface area contributed by atoms with Crippen LogP contribution in [-0.4, -0.2) is 4.57 Å². The van der Waals surface area contributed by atoms with Gasteiger partial charge in [0.25, 0.3) is 0 Å². The van der Waals surface area contributed by atoms with E-state index < -0.39 is 0 Å². The fourth-order valence-electron chi connectivity index (χ4n) is 2.22. The molecule has 0 N–H and O–H groups in total. The maximum absolute atomic E-state index is 4.16. The van der Waals surface area contributed by atoms with E-state index in [0.717, 1.165) is 6.42 Å². The van der Waals surface area contributed by atoms with Crippen LogP contribution in [0.4, 0.5) is 0 Å². The number of aryl methyl sites for hydroxylation is 1. The van der Waals surface area contributed by atoms with Crippen molar-refractivity contribution in [2.45, 2.75) is 38.6 Å². The second kappa shape index (κ2) is 3.41. The second-order valence-corrected chi connectivity index (χ2v) is 3.83. The van der Waals surface area contributed by atoms with Gasteiger partial charge in [-0.1, -0.05) is 19.1 Å². The molecule has 0 saturated heterocycles. The lowest BCUT2D eigenvalue weighted by Gasteiger charge is -2.26. The molecule has 0 saturated carbocycles. The predicted molar refractivity (Wildman–Crippen MR) is 55.8 cm³/mol. The minimum atomic E-state index is 0.619. The van der Waals surface area contributed by atoms with Gasteiger partial charge in [0.2, 0.25) is 0 Å². The van der Waals surface area contributed by atoms with Crippen molar-refractivity contribution in [3.05, 3.63) is 36.2 Å². The third-order valence-electron chi connectivity index (χ3n) is 3.06. The SMILES string of the molecule is C=C(CC)C1CCCn2cccc21. The Kier molecular flexibility index (Phi) is 2.26. The van der Waals surface area contributed by atoms with Crippen molar-refractivity contribution in [3.8, 4) is 0 Å². The van der Waals surface area contributed by atoms with Crippen LogP contribution < -0.4 is 0 Å². The molecule has 1 heteroatoms. The first kappa shape index (κ1) is 8.61. The van der Waals surface area contributed by atoms with Crippen LogP contribution in [-0.2, 0) is 6.54 Å². The molecule has 0 radical (unpaired) electrons. The van der Waals surface area contributed by atoms with Gasteiger partial charge in [-0.15, -0.1) is 0 Å². The zero-order chi connectivity index (χ0) is 9.26. The minimum absolute atomic E-state index is 0.619. The molecule has 1 aromatic rings. The summed E-state index contributed by atoms with van der Waals surface area (Å²) >= 11 is 0. The van der Waals surface area contributed by atoms with Crippen LogP contribution in [0.25, 0.3) is 0 Å². The van der Waals surface area contributed by atoms with Crippen LogP contribution in [0, 0.1) is 0 Å². The molecule has 2 rings (SSSR count). The first-order valence-electron chi connectivity index (χ1n) is 5.15. The van der Waals surface area contributed by atoms with Crippen LogP contribution in [0.1, 0.15) is 37.8 Å². The molecule has 13 heavy (non-hydrogen) atoms. The summed E-state index contributed by atoms with van der Waals surface area (Å²) in [4.78, 5) is 0. The van der Waals surface area contributed by atoms with Crippen molar-refractivity contribution in [1.82, 2.24) is 4.57 Å². The number of hydrogen-bond acceptors (Lipinski definition) is 0. The number of hydrogen-bond donors (Lipinski definition) is 0. The maximum atomic E-state index is 4.16. The number of allylic oxidation sites excluding steroid dienone is 1. The van der Waals surface area contributed by atoms with Gasteiger partial charge in [0.15, 0.2) is 0 Å². The van der Waals surface area contributed by atoms with Gasteiger partial charge in [-0.2, -0.15) is 0 Å². The average molecular weight is 175 g/mol. The van der Waals surface area contributed by atoms with Crippen LogP contribution >= 0.6 is 0 Å². The molecule has 1 nitrogen and oxygen atoms in total. The fourth-order valence-corrected chi connectivity index (χ4v) is 2.22. The fraction of sp³-hybridized carbons (Fsp3) is 0.500. The lowest BCUT2D eigenvalue weighted by Crippen LogP contribution is -2.15. The third kappa shape index (κ3) is 1.43. The molecular weight excluding hydrogens is 158 g/mol. The van der Waals surface area contributed by atoms with Crippen molar-refractivity contribution in [1.29, 1.82) is 0 Å². The molecule has 70 valence electrons. The Morgan fingerprint density at radius 2 is 2.54 bits per heavy atom. The zero-order valence-corrected chi connectivity index (χ0v) is 8.29. The van der Waals surface area contributed by atoms with E-state index in [1.165, 1.54) is 30.7 Å². The minimum Gasteiger partial charge on any atom is -0.351 e. The van der Waals surface area contributed by atoms with Crippen molar-refractivity contribution >= 4 is 0 Å². The molecule has 0 amide bonds. The lowest BCUT2D eigenvalue weighted by atomic mass is 9.88. The second-order valence-electron chi connectivity index (χ2n) is 3.83. The summed E-state index contributed by atoms with van der Waals surface area (Å²) in [5, 5.41) is 0. The van der Waals surface area contributed by atoms with Gasteiger partial charge in [0, 0.05) is 24.4 Å². The summed E-state index contributed by atoms with van der Waals surface area (Å²) in [7, 11) is 0. The van der Waals surface area contributed by atoms with E-state index in [1.54, 1.807) is 0 Å². The Morgan fingerprint density at radius 3 is 3.31 bits per heavy atom. The number of nitrogens with zero attached hydrogens (tertiary/aromatic N) is 1. The molecule has 0 aliphatic carbocycles. The van der Waals surface area contributed by atoms with Crippen LogP contribution in [0.5, 0.6) is 0 Å².